The highest BCUT2D eigenvalue weighted by atomic mass is 16.5. The summed E-state index contributed by atoms with van der Waals surface area (Å²) in [6.07, 6.45) is 9.90. The molecule has 5 aliphatic rings. The van der Waals surface area contributed by atoms with E-state index in [4.69, 9.17) is 4.74 Å². The van der Waals surface area contributed by atoms with Crippen molar-refractivity contribution in [1.29, 1.82) is 0 Å². The molecule has 0 heterocycles. The summed E-state index contributed by atoms with van der Waals surface area (Å²) in [5.41, 5.74) is 1.88. The Morgan fingerprint density at radius 2 is 1.63 bits per heavy atom. The summed E-state index contributed by atoms with van der Waals surface area (Å²) < 4.78 is 6.16. The first-order valence-corrected chi connectivity index (χ1v) is 16.5. The summed E-state index contributed by atoms with van der Waals surface area (Å²) in [6.45, 7) is 16.9. The largest absolute Gasteiger partial charge is 0.460 e. The molecule has 4 nitrogen and oxygen atoms in total. The molecule has 5 saturated carbocycles. The van der Waals surface area contributed by atoms with Gasteiger partial charge >= 0.3 is 5.97 Å². The Morgan fingerprint density at radius 1 is 0.902 bits per heavy atom. The van der Waals surface area contributed by atoms with Crippen LogP contribution >= 0.6 is 0 Å². The quantitative estimate of drug-likeness (QED) is 0.285. The molecule has 0 aromatic heterocycles. The monoisotopic (exact) mass is 562 g/mol. The number of esters is 1. The molecule has 11 atom stereocenters. The van der Waals surface area contributed by atoms with Gasteiger partial charge in [-0.2, -0.15) is 0 Å². The van der Waals surface area contributed by atoms with Crippen molar-refractivity contribution < 1.29 is 19.7 Å². The van der Waals surface area contributed by atoms with Crippen LogP contribution in [0, 0.1) is 56.7 Å². The molecule has 3 unspecified atom stereocenters. The number of aliphatic hydroxyl groups is 2. The predicted octanol–water partition coefficient (Wildman–Crippen LogP) is 7.72. The van der Waals surface area contributed by atoms with Crippen molar-refractivity contribution in [1.82, 2.24) is 0 Å². The molecule has 6 rings (SSSR count). The highest BCUT2D eigenvalue weighted by Gasteiger charge is 2.72. The molecule has 0 spiro atoms. The smallest absolute Gasteiger partial charge is 0.312 e. The number of carbonyl (C=O) groups is 1. The number of hydrogen-bond donors (Lipinski definition) is 2. The lowest BCUT2D eigenvalue weighted by Crippen LogP contribution is -2.67. The first kappa shape index (κ1) is 29.4. The Hall–Kier alpha value is -1.65. The predicted molar refractivity (Wildman–Crippen MR) is 163 cm³/mol. The van der Waals surface area contributed by atoms with Crippen molar-refractivity contribution in [3.8, 4) is 0 Å². The second-order valence-corrected chi connectivity index (χ2v) is 16.1. The number of carbonyl (C=O) groups excluding carboxylic acids is 1. The van der Waals surface area contributed by atoms with E-state index in [0.29, 0.717) is 36.2 Å². The van der Waals surface area contributed by atoms with E-state index < -0.39 is 16.9 Å². The maximum atomic E-state index is 14.2. The maximum absolute atomic E-state index is 14.2. The van der Waals surface area contributed by atoms with Gasteiger partial charge < -0.3 is 14.9 Å². The Morgan fingerprint density at radius 3 is 2.32 bits per heavy atom. The van der Waals surface area contributed by atoms with Crippen molar-refractivity contribution >= 4 is 5.97 Å². The number of fused-ring (bicyclic) bond motifs is 7. The fraction of sp³-hybridized carbons (Fsp3) is 0.757. The molecule has 5 fully saturated rings. The molecule has 5 aliphatic carbocycles. The zero-order valence-electron chi connectivity index (χ0n) is 26.3. The highest BCUT2D eigenvalue weighted by Crippen LogP contribution is 2.77. The minimum absolute atomic E-state index is 0.0279. The summed E-state index contributed by atoms with van der Waals surface area (Å²) in [7, 11) is 0. The van der Waals surface area contributed by atoms with Crippen LogP contribution < -0.4 is 0 Å². The summed E-state index contributed by atoms with van der Waals surface area (Å²) in [6, 6.07) is 10.1. The molecule has 0 aliphatic heterocycles. The topological polar surface area (TPSA) is 66.8 Å². The minimum atomic E-state index is -0.424. The highest BCUT2D eigenvalue weighted by molar-refractivity contribution is 5.78. The van der Waals surface area contributed by atoms with Crippen LogP contribution in [-0.4, -0.2) is 28.9 Å². The van der Waals surface area contributed by atoms with Gasteiger partial charge in [-0.25, -0.2) is 0 Å². The number of rotatable bonds is 5. The Balaban J connectivity index is 1.34. The zero-order chi connectivity index (χ0) is 29.4. The van der Waals surface area contributed by atoms with Crippen molar-refractivity contribution in [2.24, 2.45) is 56.7 Å². The fourth-order valence-electron chi connectivity index (χ4n) is 12.4. The first-order chi connectivity index (χ1) is 19.4. The summed E-state index contributed by atoms with van der Waals surface area (Å²) in [5.74, 6) is 2.08. The van der Waals surface area contributed by atoms with Crippen LogP contribution in [0.15, 0.2) is 42.5 Å². The molecule has 0 saturated heterocycles. The average molecular weight is 563 g/mol. The molecule has 0 radical (unpaired) electrons. The SMILES string of the molecule is C=C(C)[C@@H]1CC[C@]2(C(=O)OCc3ccccc3)CC[C@]3(C)C(CCC4[C@@]5(C)CC[C@H](O)[C@@](C)(CO)[C@@H]5CC[C@]43C)C12. The molecule has 41 heavy (non-hydrogen) atoms. The lowest BCUT2D eigenvalue weighted by atomic mass is 9.32. The Labute approximate surface area is 248 Å². The van der Waals surface area contributed by atoms with E-state index in [0.717, 1.165) is 63.4 Å². The lowest BCUT2D eigenvalue weighted by molar-refractivity contribution is -0.254. The van der Waals surface area contributed by atoms with Crippen LogP contribution in [0.4, 0.5) is 0 Å². The molecule has 0 bridgehead atoms. The Bertz CT molecular complexity index is 1180. The van der Waals surface area contributed by atoms with E-state index in [9.17, 15) is 15.0 Å². The number of allylic oxidation sites excluding steroid dienone is 1. The Kier molecular flexibility index (Phi) is 7.14. The van der Waals surface area contributed by atoms with E-state index in [1.165, 1.54) is 12.0 Å². The van der Waals surface area contributed by atoms with E-state index in [2.05, 4.69) is 41.2 Å². The molecule has 4 heteroatoms. The normalized spacial score (nSPS) is 48.8. The number of ether oxygens (including phenoxy) is 1. The fourth-order valence-corrected chi connectivity index (χ4v) is 12.4. The molecular weight excluding hydrogens is 508 g/mol. The second kappa shape index (κ2) is 9.94. The van der Waals surface area contributed by atoms with Gasteiger partial charge in [-0.05, 0) is 123 Å². The van der Waals surface area contributed by atoms with Crippen LogP contribution in [0.3, 0.4) is 0 Å². The molecule has 1 aromatic carbocycles. The molecule has 226 valence electrons. The number of aliphatic hydroxyl groups excluding tert-OH is 2. The van der Waals surface area contributed by atoms with Gasteiger partial charge in [-0.15, -0.1) is 0 Å². The summed E-state index contributed by atoms with van der Waals surface area (Å²) in [5, 5.41) is 21.6. The van der Waals surface area contributed by atoms with Crippen LogP contribution in [0.1, 0.15) is 104 Å². The molecular formula is C37H54O4. The van der Waals surface area contributed by atoms with Gasteiger partial charge in [0.2, 0.25) is 0 Å². The van der Waals surface area contributed by atoms with Gasteiger partial charge in [0.25, 0.3) is 0 Å². The van der Waals surface area contributed by atoms with E-state index in [1.54, 1.807) is 0 Å². The number of benzene rings is 1. The minimum Gasteiger partial charge on any atom is -0.460 e. The van der Waals surface area contributed by atoms with Gasteiger partial charge in [0.15, 0.2) is 0 Å². The van der Waals surface area contributed by atoms with Crippen molar-refractivity contribution in [2.75, 3.05) is 6.61 Å². The van der Waals surface area contributed by atoms with Gasteiger partial charge in [-0.1, -0.05) is 70.2 Å². The third-order valence-corrected chi connectivity index (χ3v) is 14.8. The molecule has 1 aromatic rings. The first-order valence-electron chi connectivity index (χ1n) is 16.5. The standard InChI is InChI=1S/C37H54O4/c1-24(2)26-14-19-37(32(40)41-22-25-10-8-7-9-11-25)21-20-35(5)27(31(26)37)12-13-29-33(3)17-16-30(39)34(4,23-38)28(33)15-18-36(29,35)6/h7-11,26-31,38-39H,1,12-23H2,2-6H3/t26-,27?,28+,29?,30-,31?,33-,34-,35+,36+,37-/m0/s1. The average Bonchev–Trinajstić information content (AvgIpc) is 3.36. The lowest BCUT2D eigenvalue weighted by Gasteiger charge is -2.72. The third-order valence-electron chi connectivity index (χ3n) is 14.8. The number of hydrogen-bond acceptors (Lipinski definition) is 4. The van der Waals surface area contributed by atoms with Crippen LogP contribution in [0.2, 0.25) is 0 Å². The summed E-state index contributed by atoms with van der Waals surface area (Å²) in [4.78, 5) is 14.2. The van der Waals surface area contributed by atoms with Gasteiger partial charge in [-0.3, -0.25) is 4.79 Å². The van der Waals surface area contributed by atoms with Crippen molar-refractivity contribution in [2.45, 2.75) is 112 Å². The summed E-state index contributed by atoms with van der Waals surface area (Å²) >= 11 is 0. The van der Waals surface area contributed by atoms with E-state index in [1.807, 2.05) is 30.3 Å². The van der Waals surface area contributed by atoms with Gasteiger partial charge in [0.05, 0.1) is 18.1 Å². The maximum Gasteiger partial charge on any atom is 0.312 e. The van der Waals surface area contributed by atoms with E-state index >= 15 is 0 Å². The van der Waals surface area contributed by atoms with Crippen LogP contribution in [0.25, 0.3) is 0 Å². The van der Waals surface area contributed by atoms with Crippen molar-refractivity contribution in [3.05, 3.63) is 48.0 Å². The van der Waals surface area contributed by atoms with Crippen LogP contribution in [-0.2, 0) is 16.1 Å². The second-order valence-electron chi connectivity index (χ2n) is 16.1. The van der Waals surface area contributed by atoms with E-state index in [-0.39, 0.29) is 28.8 Å². The van der Waals surface area contributed by atoms with Crippen LogP contribution in [0.5, 0.6) is 0 Å². The van der Waals surface area contributed by atoms with Gasteiger partial charge in [0.1, 0.15) is 6.61 Å². The zero-order valence-corrected chi connectivity index (χ0v) is 26.3. The third kappa shape index (κ3) is 3.94. The van der Waals surface area contributed by atoms with Crippen molar-refractivity contribution in [3.63, 3.8) is 0 Å². The molecule has 0 amide bonds. The molecule has 2 N–H and O–H groups in total. The van der Waals surface area contributed by atoms with Gasteiger partial charge in [0, 0.05) is 5.41 Å².